The van der Waals surface area contributed by atoms with Crippen molar-refractivity contribution in [3.05, 3.63) is 96.1 Å². The van der Waals surface area contributed by atoms with Crippen molar-refractivity contribution in [2.75, 3.05) is 10.8 Å². The molecular formula is C30H37N3O4S. The molecule has 7 nitrogen and oxygen atoms in total. The van der Waals surface area contributed by atoms with Gasteiger partial charge in [0.05, 0.1) is 10.6 Å². The fourth-order valence-electron chi connectivity index (χ4n) is 4.17. The van der Waals surface area contributed by atoms with Gasteiger partial charge in [0.1, 0.15) is 12.6 Å². The van der Waals surface area contributed by atoms with Gasteiger partial charge < -0.3 is 10.2 Å². The number of para-hydroxylation sites is 1. The van der Waals surface area contributed by atoms with Crippen LogP contribution in [0.25, 0.3) is 0 Å². The maximum Gasteiger partial charge on any atom is 0.264 e. The van der Waals surface area contributed by atoms with Crippen LogP contribution in [0.5, 0.6) is 0 Å². The molecule has 0 aromatic heterocycles. The standard InChI is InChI=1S/C30H37N3O4S/c1-5-24(4)31-30(35)28(6-2)32(21-25-16-14-13-15-23(25)3)29(34)22-33(26-17-9-7-10-18-26)38(36,37)27-19-11-8-12-20-27/h7-20,24,28H,5-6,21-22H2,1-4H3,(H,31,35)/t24-,28+/m1/s1. The zero-order valence-corrected chi connectivity index (χ0v) is 23.3. The summed E-state index contributed by atoms with van der Waals surface area (Å²) in [4.78, 5) is 28.9. The second kappa shape index (κ2) is 13.2. The van der Waals surface area contributed by atoms with Crippen LogP contribution in [0.3, 0.4) is 0 Å². The van der Waals surface area contributed by atoms with Gasteiger partial charge in [-0.15, -0.1) is 0 Å². The Kier molecular flexibility index (Phi) is 10.1. The Labute approximate surface area is 226 Å². The van der Waals surface area contributed by atoms with Gasteiger partial charge in [0.2, 0.25) is 11.8 Å². The number of hydrogen-bond acceptors (Lipinski definition) is 4. The molecule has 2 amide bonds. The molecule has 0 spiro atoms. The van der Waals surface area contributed by atoms with E-state index in [4.69, 9.17) is 0 Å². The Morgan fingerprint density at radius 1 is 0.842 bits per heavy atom. The Balaban J connectivity index is 2.03. The number of hydrogen-bond donors (Lipinski definition) is 1. The van der Waals surface area contributed by atoms with Gasteiger partial charge in [-0.05, 0) is 62.1 Å². The number of nitrogens with one attached hydrogen (secondary N) is 1. The molecule has 0 bridgehead atoms. The van der Waals surface area contributed by atoms with Crippen molar-refractivity contribution in [1.29, 1.82) is 0 Å². The highest BCUT2D eigenvalue weighted by Gasteiger charge is 2.34. The minimum atomic E-state index is -4.05. The van der Waals surface area contributed by atoms with Crippen LogP contribution in [0.1, 0.15) is 44.7 Å². The maximum absolute atomic E-state index is 14.0. The first kappa shape index (κ1) is 28.9. The molecule has 3 aromatic carbocycles. The molecule has 0 heterocycles. The van der Waals surface area contributed by atoms with Crippen molar-refractivity contribution >= 4 is 27.5 Å². The second-order valence-electron chi connectivity index (χ2n) is 9.35. The van der Waals surface area contributed by atoms with E-state index in [1.54, 1.807) is 48.5 Å². The largest absolute Gasteiger partial charge is 0.352 e. The number of aryl methyl sites for hydroxylation is 1. The van der Waals surface area contributed by atoms with E-state index in [0.29, 0.717) is 12.1 Å². The van der Waals surface area contributed by atoms with Crippen molar-refractivity contribution in [2.24, 2.45) is 0 Å². The number of benzene rings is 3. The van der Waals surface area contributed by atoms with Crippen LogP contribution in [-0.2, 0) is 26.2 Å². The lowest BCUT2D eigenvalue weighted by Gasteiger charge is -2.34. The van der Waals surface area contributed by atoms with Gasteiger partial charge in [0.25, 0.3) is 10.0 Å². The first-order valence-corrected chi connectivity index (χ1v) is 14.4. The van der Waals surface area contributed by atoms with E-state index in [-0.39, 0.29) is 23.4 Å². The molecule has 0 saturated heterocycles. The third-order valence-corrected chi connectivity index (χ3v) is 8.43. The van der Waals surface area contributed by atoms with Crippen LogP contribution in [0.15, 0.2) is 89.8 Å². The van der Waals surface area contributed by atoms with Crippen LogP contribution in [0.2, 0.25) is 0 Å². The molecule has 0 radical (unpaired) electrons. The third-order valence-electron chi connectivity index (χ3n) is 6.64. The number of anilines is 1. The lowest BCUT2D eigenvalue weighted by molar-refractivity contribution is -0.140. The normalized spacial score (nSPS) is 12.8. The minimum Gasteiger partial charge on any atom is -0.352 e. The number of amides is 2. The minimum absolute atomic E-state index is 0.0498. The smallest absolute Gasteiger partial charge is 0.264 e. The predicted octanol–water partition coefficient (Wildman–Crippen LogP) is 4.91. The van der Waals surface area contributed by atoms with Crippen molar-refractivity contribution < 1.29 is 18.0 Å². The molecule has 3 aromatic rings. The Morgan fingerprint density at radius 2 is 1.42 bits per heavy atom. The topological polar surface area (TPSA) is 86.8 Å². The predicted molar refractivity (Wildman–Crippen MR) is 151 cm³/mol. The molecule has 0 aliphatic rings. The zero-order chi connectivity index (χ0) is 27.7. The van der Waals surface area contributed by atoms with Crippen LogP contribution in [0.4, 0.5) is 5.69 Å². The molecule has 202 valence electrons. The van der Waals surface area contributed by atoms with Crippen LogP contribution in [-0.4, -0.2) is 43.8 Å². The summed E-state index contributed by atoms with van der Waals surface area (Å²) in [5, 5.41) is 2.99. The summed E-state index contributed by atoms with van der Waals surface area (Å²) in [5.41, 5.74) is 2.25. The average Bonchev–Trinajstić information content (AvgIpc) is 2.93. The summed E-state index contributed by atoms with van der Waals surface area (Å²) in [5.74, 6) is -0.705. The molecule has 0 fully saturated rings. The fourth-order valence-corrected chi connectivity index (χ4v) is 5.61. The summed E-state index contributed by atoms with van der Waals surface area (Å²) in [6.07, 6.45) is 1.14. The van der Waals surface area contributed by atoms with Gasteiger partial charge in [0.15, 0.2) is 0 Å². The van der Waals surface area contributed by atoms with Gasteiger partial charge in [-0.25, -0.2) is 8.42 Å². The molecule has 0 aliphatic heterocycles. The van der Waals surface area contributed by atoms with E-state index in [2.05, 4.69) is 5.32 Å². The molecule has 2 atom stereocenters. The summed E-state index contributed by atoms with van der Waals surface area (Å²) in [6.45, 7) is 7.45. The average molecular weight is 536 g/mol. The summed E-state index contributed by atoms with van der Waals surface area (Å²) < 4.78 is 28.6. The molecule has 8 heteroatoms. The number of rotatable bonds is 12. The highest BCUT2D eigenvalue weighted by molar-refractivity contribution is 7.92. The molecule has 38 heavy (non-hydrogen) atoms. The number of carbonyl (C=O) groups excluding carboxylic acids is 2. The van der Waals surface area contributed by atoms with Crippen molar-refractivity contribution in [2.45, 2.75) is 64.1 Å². The van der Waals surface area contributed by atoms with Crippen molar-refractivity contribution in [3.63, 3.8) is 0 Å². The number of sulfonamides is 1. The van der Waals surface area contributed by atoms with Gasteiger partial charge >= 0.3 is 0 Å². The van der Waals surface area contributed by atoms with Crippen molar-refractivity contribution in [3.8, 4) is 0 Å². The van der Waals surface area contributed by atoms with Gasteiger partial charge in [-0.3, -0.25) is 13.9 Å². The Morgan fingerprint density at radius 3 is 2.00 bits per heavy atom. The molecule has 0 saturated carbocycles. The van der Waals surface area contributed by atoms with Gasteiger partial charge in [0, 0.05) is 12.6 Å². The summed E-state index contributed by atoms with van der Waals surface area (Å²) in [6, 6.07) is 23.5. The maximum atomic E-state index is 14.0. The first-order valence-electron chi connectivity index (χ1n) is 13.0. The third kappa shape index (κ3) is 7.01. The number of carbonyl (C=O) groups is 2. The molecule has 0 unspecified atom stereocenters. The lowest BCUT2D eigenvalue weighted by Crippen LogP contribution is -2.53. The van der Waals surface area contributed by atoms with E-state index in [1.807, 2.05) is 52.0 Å². The van der Waals surface area contributed by atoms with Gasteiger partial charge in [-0.1, -0.05) is 74.5 Å². The zero-order valence-electron chi connectivity index (χ0n) is 22.5. The Hall–Kier alpha value is -3.65. The molecule has 3 rings (SSSR count). The second-order valence-corrected chi connectivity index (χ2v) is 11.2. The quantitative estimate of drug-likeness (QED) is 0.357. The molecule has 1 N–H and O–H groups in total. The lowest BCUT2D eigenvalue weighted by atomic mass is 10.1. The fraction of sp³-hybridized carbons (Fsp3) is 0.333. The van der Waals surface area contributed by atoms with Crippen LogP contribution in [0, 0.1) is 6.92 Å². The highest BCUT2D eigenvalue weighted by Crippen LogP contribution is 2.25. The van der Waals surface area contributed by atoms with E-state index < -0.39 is 28.5 Å². The van der Waals surface area contributed by atoms with Gasteiger partial charge in [-0.2, -0.15) is 0 Å². The SMILES string of the molecule is CC[C@@H](C)NC(=O)[C@H](CC)N(Cc1ccccc1C)C(=O)CN(c1ccccc1)S(=O)(=O)c1ccccc1. The van der Waals surface area contributed by atoms with Crippen LogP contribution >= 0.6 is 0 Å². The van der Waals surface area contributed by atoms with E-state index in [9.17, 15) is 18.0 Å². The summed E-state index contributed by atoms with van der Waals surface area (Å²) >= 11 is 0. The molecular weight excluding hydrogens is 498 g/mol. The number of nitrogens with zero attached hydrogens (tertiary/aromatic N) is 2. The van der Waals surface area contributed by atoms with E-state index in [0.717, 1.165) is 21.9 Å². The monoisotopic (exact) mass is 535 g/mol. The Bertz CT molecular complexity index is 1310. The highest BCUT2D eigenvalue weighted by atomic mass is 32.2. The van der Waals surface area contributed by atoms with E-state index in [1.165, 1.54) is 17.0 Å². The van der Waals surface area contributed by atoms with Crippen molar-refractivity contribution in [1.82, 2.24) is 10.2 Å². The first-order chi connectivity index (χ1) is 18.2. The summed E-state index contributed by atoms with van der Waals surface area (Å²) in [7, 11) is -4.05. The van der Waals surface area contributed by atoms with E-state index >= 15 is 0 Å². The van der Waals surface area contributed by atoms with Crippen LogP contribution < -0.4 is 9.62 Å². The molecule has 0 aliphatic carbocycles.